The number of allylic oxidation sites excluding steroid dienone is 16. The SMILES string of the molecule is CCCCC/C=C\C/C=C\C/C=C\C/C=C\CCCC(=O)OC(COC(=O)CCC/C=C\C/C=C\C/C=C\CCCCCCCC)COC(=O)CCCCCCCCC/C=C\CCCCCCCCCC. The van der Waals surface area contributed by atoms with Crippen LogP contribution in [0.1, 0.15) is 278 Å². The molecule has 6 nitrogen and oxygen atoms in total. The molecule has 0 rings (SSSR count). The van der Waals surface area contributed by atoms with Gasteiger partial charge in [-0.15, -0.1) is 0 Å². The molecule has 6 heteroatoms. The van der Waals surface area contributed by atoms with E-state index in [0.29, 0.717) is 19.3 Å². The Bertz CT molecular complexity index is 1410. The molecule has 0 aliphatic rings. The van der Waals surface area contributed by atoms with Crippen molar-refractivity contribution in [3.8, 4) is 0 Å². The second-order valence-corrected chi connectivity index (χ2v) is 19.5. The maximum atomic E-state index is 12.8. The molecule has 0 amide bonds. The van der Waals surface area contributed by atoms with E-state index in [4.69, 9.17) is 14.2 Å². The molecule has 0 saturated carbocycles. The first-order valence-electron chi connectivity index (χ1n) is 29.7. The van der Waals surface area contributed by atoms with Gasteiger partial charge in [-0.1, -0.05) is 240 Å². The molecule has 0 aromatic heterocycles. The molecule has 0 radical (unpaired) electrons. The van der Waals surface area contributed by atoms with Gasteiger partial charge in [-0.05, 0) is 116 Å². The third kappa shape index (κ3) is 57.1. The minimum Gasteiger partial charge on any atom is -0.462 e. The van der Waals surface area contributed by atoms with Crippen molar-refractivity contribution in [3.05, 3.63) is 97.2 Å². The average Bonchev–Trinajstić information content (AvgIpc) is 3.37. The third-order valence-corrected chi connectivity index (χ3v) is 12.5. The number of ether oxygens (including phenoxy) is 3. The summed E-state index contributed by atoms with van der Waals surface area (Å²) in [6, 6.07) is 0. The lowest BCUT2D eigenvalue weighted by molar-refractivity contribution is -0.167. The number of rotatable bonds is 53. The van der Waals surface area contributed by atoms with Gasteiger partial charge in [0.25, 0.3) is 0 Å². The van der Waals surface area contributed by atoms with Gasteiger partial charge in [0.15, 0.2) is 6.10 Å². The summed E-state index contributed by atoms with van der Waals surface area (Å²) in [7, 11) is 0. The van der Waals surface area contributed by atoms with Gasteiger partial charge in [0.1, 0.15) is 13.2 Å². The maximum absolute atomic E-state index is 12.8. The van der Waals surface area contributed by atoms with Crippen LogP contribution in [-0.2, 0) is 28.6 Å². The van der Waals surface area contributed by atoms with Crippen LogP contribution in [0.5, 0.6) is 0 Å². The van der Waals surface area contributed by atoms with Crippen LogP contribution in [0.2, 0.25) is 0 Å². The van der Waals surface area contributed by atoms with Gasteiger partial charge in [-0.3, -0.25) is 14.4 Å². The number of hydrogen-bond donors (Lipinski definition) is 0. The molecule has 0 aromatic rings. The summed E-state index contributed by atoms with van der Waals surface area (Å²) in [6.45, 7) is 6.52. The van der Waals surface area contributed by atoms with Crippen molar-refractivity contribution < 1.29 is 28.6 Å². The summed E-state index contributed by atoms with van der Waals surface area (Å²) < 4.78 is 16.8. The second kappa shape index (κ2) is 58.9. The molecule has 0 aliphatic heterocycles. The van der Waals surface area contributed by atoms with E-state index >= 15 is 0 Å². The van der Waals surface area contributed by atoms with Gasteiger partial charge in [-0.25, -0.2) is 0 Å². The minimum absolute atomic E-state index is 0.117. The predicted molar refractivity (Wildman–Crippen MR) is 307 cm³/mol. The van der Waals surface area contributed by atoms with Crippen LogP contribution in [0.4, 0.5) is 0 Å². The van der Waals surface area contributed by atoms with Crippen molar-refractivity contribution in [1.29, 1.82) is 0 Å². The number of esters is 3. The van der Waals surface area contributed by atoms with Gasteiger partial charge in [-0.2, -0.15) is 0 Å². The summed E-state index contributed by atoms with van der Waals surface area (Å²) >= 11 is 0. The van der Waals surface area contributed by atoms with E-state index in [-0.39, 0.29) is 44.0 Å². The van der Waals surface area contributed by atoms with Crippen molar-refractivity contribution in [2.75, 3.05) is 13.2 Å². The van der Waals surface area contributed by atoms with E-state index in [1.165, 1.54) is 161 Å². The smallest absolute Gasteiger partial charge is 0.306 e. The molecule has 0 fully saturated rings. The summed E-state index contributed by atoms with van der Waals surface area (Å²) in [5.41, 5.74) is 0. The molecule has 1 unspecified atom stereocenters. The zero-order valence-electron chi connectivity index (χ0n) is 46.5. The fraction of sp³-hybridized carbons (Fsp3) is 0.708. The molecule has 0 saturated heterocycles. The van der Waals surface area contributed by atoms with E-state index in [0.717, 1.165) is 64.2 Å². The number of unbranched alkanes of at least 4 members (excludes halogenated alkanes) is 26. The molecule has 0 N–H and O–H groups in total. The number of carbonyl (C=O) groups is 3. The lowest BCUT2D eigenvalue weighted by Gasteiger charge is -2.18. The van der Waals surface area contributed by atoms with E-state index in [1.54, 1.807) is 0 Å². The summed E-state index contributed by atoms with van der Waals surface area (Å²) in [5, 5.41) is 0. The molecular weight excluding hydrogens is 877 g/mol. The van der Waals surface area contributed by atoms with Crippen LogP contribution >= 0.6 is 0 Å². The highest BCUT2D eigenvalue weighted by Gasteiger charge is 2.19. The monoisotopic (exact) mass is 987 g/mol. The average molecular weight is 988 g/mol. The number of carbonyl (C=O) groups excluding carboxylic acids is 3. The van der Waals surface area contributed by atoms with Gasteiger partial charge in [0.05, 0.1) is 0 Å². The predicted octanol–water partition coefficient (Wildman–Crippen LogP) is 20.1. The topological polar surface area (TPSA) is 78.9 Å². The molecule has 71 heavy (non-hydrogen) atoms. The highest BCUT2D eigenvalue weighted by molar-refractivity contribution is 5.71. The van der Waals surface area contributed by atoms with Gasteiger partial charge < -0.3 is 14.2 Å². The zero-order valence-corrected chi connectivity index (χ0v) is 46.5. The van der Waals surface area contributed by atoms with E-state index in [1.807, 2.05) is 0 Å². The van der Waals surface area contributed by atoms with Crippen molar-refractivity contribution in [2.24, 2.45) is 0 Å². The van der Waals surface area contributed by atoms with E-state index in [9.17, 15) is 14.4 Å². The first-order chi connectivity index (χ1) is 35.0. The Morgan fingerprint density at radius 3 is 0.887 bits per heavy atom. The van der Waals surface area contributed by atoms with Crippen LogP contribution < -0.4 is 0 Å². The molecular formula is C65H110O6. The Balaban J connectivity index is 4.53. The molecule has 0 aliphatic carbocycles. The molecule has 0 bridgehead atoms. The second-order valence-electron chi connectivity index (χ2n) is 19.5. The van der Waals surface area contributed by atoms with Crippen molar-refractivity contribution in [2.45, 2.75) is 284 Å². The highest BCUT2D eigenvalue weighted by Crippen LogP contribution is 2.14. The largest absolute Gasteiger partial charge is 0.462 e. The van der Waals surface area contributed by atoms with Crippen molar-refractivity contribution in [3.63, 3.8) is 0 Å². The fourth-order valence-corrected chi connectivity index (χ4v) is 8.03. The molecule has 406 valence electrons. The lowest BCUT2D eigenvalue weighted by atomic mass is 10.1. The van der Waals surface area contributed by atoms with Crippen molar-refractivity contribution in [1.82, 2.24) is 0 Å². The summed E-state index contributed by atoms with van der Waals surface area (Å²) in [6.07, 6.45) is 78.4. The van der Waals surface area contributed by atoms with Gasteiger partial charge >= 0.3 is 17.9 Å². The Morgan fingerprint density at radius 1 is 0.282 bits per heavy atom. The van der Waals surface area contributed by atoms with Crippen LogP contribution in [0.15, 0.2) is 97.2 Å². The molecule has 0 heterocycles. The third-order valence-electron chi connectivity index (χ3n) is 12.5. The first kappa shape index (κ1) is 67.3. The quantitative estimate of drug-likeness (QED) is 0.0261. The fourth-order valence-electron chi connectivity index (χ4n) is 8.03. The van der Waals surface area contributed by atoms with Crippen LogP contribution in [-0.4, -0.2) is 37.2 Å². The van der Waals surface area contributed by atoms with Gasteiger partial charge in [0, 0.05) is 19.3 Å². The molecule has 0 spiro atoms. The minimum atomic E-state index is -0.830. The Hall–Kier alpha value is -3.67. The first-order valence-corrected chi connectivity index (χ1v) is 29.7. The standard InChI is InChI=1S/C65H110O6/c1-4-7-10-13-16-19-22-25-28-31-32-35-37-40-43-46-49-52-55-58-64(67)70-61-62(71-65(68)59-56-53-50-47-44-41-38-34-30-27-24-21-18-15-12-9-6-3)60-69-63(66)57-54-51-48-45-42-39-36-33-29-26-23-20-17-14-11-8-5-2/h18,21,26-27,29-32,36,38-39,41,45,47-48,50,62H,4-17,19-20,22-25,28,33-35,37,40,42-44,46,49,51-61H2,1-3H3/b21-18-,29-26-,30-27-,32-31-,39-36-,41-38-,48-45-,50-47-. The Kier molecular flexibility index (Phi) is 55.9. The zero-order chi connectivity index (χ0) is 51.4. The van der Waals surface area contributed by atoms with Crippen LogP contribution in [0, 0.1) is 0 Å². The van der Waals surface area contributed by atoms with Gasteiger partial charge in [0.2, 0.25) is 0 Å². The Morgan fingerprint density at radius 2 is 0.521 bits per heavy atom. The maximum Gasteiger partial charge on any atom is 0.306 e. The summed E-state index contributed by atoms with van der Waals surface area (Å²) in [5.74, 6) is -1.03. The Labute approximate surface area is 438 Å². The molecule has 0 aromatic carbocycles. The van der Waals surface area contributed by atoms with Crippen LogP contribution in [0.3, 0.4) is 0 Å². The van der Waals surface area contributed by atoms with E-state index in [2.05, 4.69) is 118 Å². The van der Waals surface area contributed by atoms with Crippen molar-refractivity contribution >= 4 is 17.9 Å². The van der Waals surface area contributed by atoms with E-state index < -0.39 is 6.10 Å². The highest BCUT2D eigenvalue weighted by atomic mass is 16.6. The molecule has 1 atom stereocenters. The number of hydrogen-bond acceptors (Lipinski definition) is 6. The lowest BCUT2D eigenvalue weighted by Crippen LogP contribution is -2.30. The normalized spacial score (nSPS) is 12.8. The summed E-state index contributed by atoms with van der Waals surface area (Å²) in [4.78, 5) is 38.2. The van der Waals surface area contributed by atoms with Crippen LogP contribution in [0.25, 0.3) is 0 Å².